The Balaban J connectivity index is 1.46. The normalized spacial score (nSPS) is 19.1. The van der Waals surface area contributed by atoms with E-state index in [-0.39, 0.29) is 11.7 Å². The molecule has 0 spiro atoms. The number of aromatic nitrogens is 3. The summed E-state index contributed by atoms with van der Waals surface area (Å²) in [6.07, 6.45) is 6.49. The molecule has 19 heavy (non-hydrogen) atoms. The van der Waals surface area contributed by atoms with Crippen molar-refractivity contribution >= 4 is 5.91 Å². The summed E-state index contributed by atoms with van der Waals surface area (Å²) in [5.74, 6) is 1.43. The average Bonchev–Trinajstić information content (AvgIpc) is 3.17. The standard InChI is InChI=1S/C13H19N5O/c19-13(12-16-11(17-18-12)10-1-2-10)15-8-5-9-3-6-14-7-4-9/h3,10,14H,1-2,4-8H2,(H,15,19)(H,16,17,18). The van der Waals surface area contributed by atoms with E-state index in [4.69, 9.17) is 0 Å². The Morgan fingerprint density at radius 1 is 1.47 bits per heavy atom. The van der Waals surface area contributed by atoms with E-state index in [1.54, 1.807) is 0 Å². The maximum atomic E-state index is 11.9. The lowest BCUT2D eigenvalue weighted by atomic mass is 10.1. The highest BCUT2D eigenvalue weighted by molar-refractivity contribution is 5.90. The molecule has 6 heteroatoms. The van der Waals surface area contributed by atoms with E-state index in [9.17, 15) is 4.79 Å². The van der Waals surface area contributed by atoms with Crippen molar-refractivity contribution in [2.24, 2.45) is 0 Å². The van der Waals surface area contributed by atoms with Crippen LogP contribution in [0.2, 0.25) is 0 Å². The van der Waals surface area contributed by atoms with Crippen LogP contribution >= 0.6 is 0 Å². The SMILES string of the molecule is O=C(NCCC1=CCNCC1)c1n[nH]c(C2CC2)n1. The Morgan fingerprint density at radius 3 is 3.11 bits per heavy atom. The van der Waals surface area contributed by atoms with Gasteiger partial charge in [0.25, 0.3) is 5.91 Å². The quantitative estimate of drug-likeness (QED) is 0.682. The van der Waals surface area contributed by atoms with Crippen LogP contribution in [0.15, 0.2) is 11.6 Å². The molecule has 3 rings (SSSR count). The molecular formula is C13H19N5O. The molecule has 0 atom stereocenters. The van der Waals surface area contributed by atoms with E-state index < -0.39 is 0 Å². The first-order chi connectivity index (χ1) is 9.33. The molecule has 0 saturated heterocycles. The second-order valence-electron chi connectivity index (χ2n) is 5.14. The van der Waals surface area contributed by atoms with Gasteiger partial charge in [-0.25, -0.2) is 4.98 Å². The van der Waals surface area contributed by atoms with Gasteiger partial charge in [-0.05, 0) is 32.2 Å². The molecule has 1 aromatic heterocycles. The van der Waals surface area contributed by atoms with E-state index in [2.05, 4.69) is 31.9 Å². The summed E-state index contributed by atoms with van der Waals surface area (Å²) in [6.45, 7) is 2.62. The molecule has 2 heterocycles. The lowest BCUT2D eigenvalue weighted by Crippen LogP contribution is -2.27. The van der Waals surface area contributed by atoms with E-state index in [0.717, 1.165) is 44.6 Å². The molecule has 0 aromatic carbocycles. The van der Waals surface area contributed by atoms with Crippen LogP contribution in [-0.4, -0.2) is 40.7 Å². The van der Waals surface area contributed by atoms with Crippen molar-refractivity contribution < 1.29 is 4.79 Å². The van der Waals surface area contributed by atoms with Crippen molar-refractivity contribution in [2.45, 2.75) is 31.6 Å². The fraction of sp³-hybridized carbons (Fsp3) is 0.615. The van der Waals surface area contributed by atoms with Crippen LogP contribution < -0.4 is 10.6 Å². The number of rotatable bonds is 5. The van der Waals surface area contributed by atoms with Crippen LogP contribution in [0.25, 0.3) is 0 Å². The Bertz CT molecular complexity index is 489. The predicted octanol–water partition coefficient (Wildman–Crippen LogP) is 0.722. The van der Waals surface area contributed by atoms with E-state index in [1.807, 2.05) is 0 Å². The highest BCUT2D eigenvalue weighted by atomic mass is 16.2. The molecule has 1 aromatic rings. The fourth-order valence-corrected chi connectivity index (χ4v) is 2.23. The molecular weight excluding hydrogens is 242 g/mol. The summed E-state index contributed by atoms with van der Waals surface area (Å²) in [4.78, 5) is 16.1. The minimum atomic E-state index is -0.183. The number of nitrogens with zero attached hydrogens (tertiary/aromatic N) is 2. The third-order valence-corrected chi connectivity index (χ3v) is 3.56. The lowest BCUT2D eigenvalue weighted by molar-refractivity contribution is 0.0944. The van der Waals surface area contributed by atoms with Gasteiger partial charge >= 0.3 is 0 Å². The second-order valence-corrected chi connectivity index (χ2v) is 5.14. The first-order valence-corrected chi connectivity index (χ1v) is 6.92. The lowest BCUT2D eigenvalue weighted by Gasteiger charge is -2.13. The number of amides is 1. The number of nitrogens with one attached hydrogen (secondary N) is 3. The van der Waals surface area contributed by atoms with Crippen molar-refractivity contribution in [3.05, 3.63) is 23.3 Å². The maximum Gasteiger partial charge on any atom is 0.290 e. The van der Waals surface area contributed by atoms with Gasteiger partial charge in [0.05, 0.1) is 0 Å². The Hall–Kier alpha value is -1.69. The molecule has 1 aliphatic heterocycles. The summed E-state index contributed by atoms with van der Waals surface area (Å²) >= 11 is 0. The molecule has 1 fully saturated rings. The Kier molecular flexibility index (Phi) is 3.59. The molecule has 102 valence electrons. The molecule has 0 unspecified atom stereocenters. The zero-order chi connectivity index (χ0) is 13.1. The fourth-order valence-electron chi connectivity index (χ4n) is 2.23. The summed E-state index contributed by atoms with van der Waals surface area (Å²) in [6, 6.07) is 0. The van der Waals surface area contributed by atoms with E-state index >= 15 is 0 Å². The second kappa shape index (κ2) is 5.52. The molecule has 3 N–H and O–H groups in total. The summed E-state index contributed by atoms with van der Waals surface area (Å²) in [5, 5.41) is 13.0. The topological polar surface area (TPSA) is 82.7 Å². The Labute approximate surface area is 112 Å². The van der Waals surface area contributed by atoms with Gasteiger partial charge in [0.1, 0.15) is 5.82 Å². The number of hydrogen-bond donors (Lipinski definition) is 3. The molecule has 1 aliphatic carbocycles. The molecule has 1 saturated carbocycles. The predicted molar refractivity (Wildman–Crippen MR) is 70.9 cm³/mol. The minimum absolute atomic E-state index is 0.183. The number of aromatic amines is 1. The minimum Gasteiger partial charge on any atom is -0.349 e. The van der Waals surface area contributed by atoms with Crippen molar-refractivity contribution in [2.75, 3.05) is 19.6 Å². The summed E-state index contributed by atoms with van der Waals surface area (Å²) < 4.78 is 0. The van der Waals surface area contributed by atoms with E-state index in [1.165, 1.54) is 5.57 Å². The van der Waals surface area contributed by atoms with Crippen LogP contribution in [0.4, 0.5) is 0 Å². The average molecular weight is 261 g/mol. The third kappa shape index (κ3) is 3.20. The van der Waals surface area contributed by atoms with Crippen LogP contribution in [0.3, 0.4) is 0 Å². The van der Waals surface area contributed by atoms with Crippen LogP contribution in [0.1, 0.15) is 48.0 Å². The van der Waals surface area contributed by atoms with Gasteiger partial charge in [0, 0.05) is 19.0 Å². The van der Waals surface area contributed by atoms with Gasteiger partial charge in [-0.15, -0.1) is 5.10 Å². The van der Waals surface area contributed by atoms with Crippen LogP contribution in [-0.2, 0) is 0 Å². The summed E-state index contributed by atoms with van der Waals surface area (Å²) in [7, 11) is 0. The van der Waals surface area contributed by atoms with Crippen molar-refractivity contribution in [3.63, 3.8) is 0 Å². The van der Waals surface area contributed by atoms with Gasteiger partial charge < -0.3 is 10.6 Å². The van der Waals surface area contributed by atoms with Gasteiger partial charge in [0.15, 0.2) is 0 Å². The van der Waals surface area contributed by atoms with Crippen molar-refractivity contribution in [3.8, 4) is 0 Å². The number of H-pyrrole nitrogens is 1. The van der Waals surface area contributed by atoms with Gasteiger partial charge in [-0.2, -0.15) is 0 Å². The first kappa shape index (κ1) is 12.3. The number of carbonyl (C=O) groups excluding carboxylic acids is 1. The maximum absolute atomic E-state index is 11.9. The van der Waals surface area contributed by atoms with E-state index in [0.29, 0.717) is 12.5 Å². The zero-order valence-electron chi connectivity index (χ0n) is 10.9. The van der Waals surface area contributed by atoms with Crippen LogP contribution in [0.5, 0.6) is 0 Å². The smallest absolute Gasteiger partial charge is 0.290 e. The highest BCUT2D eigenvalue weighted by Gasteiger charge is 2.28. The molecule has 0 bridgehead atoms. The molecule has 6 nitrogen and oxygen atoms in total. The van der Waals surface area contributed by atoms with Crippen LogP contribution in [0, 0.1) is 0 Å². The number of hydrogen-bond acceptors (Lipinski definition) is 4. The van der Waals surface area contributed by atoms with Crippen molar-refractivity contribution in [1.82, 2.24) is 25.8 Å². The molecule has 2 aliphatic rings. The third-order valence-electron chi connectivity index (χ3n) is 3.56. The molecule has 0 radical (unpaired) electrons. The van der Waals surface area contributed by atoms with Gasteiger partial charge in [0.2, 0.25) is 5.82 Å². The highest BCUT2D eigenvalue weighted by Crippen LogP contribution is 2.37. The van der Waals surface area contributed by atoms with Crippen molar-refractivity contribution in [1.29, 1.82) is 0 Å². The Morgan fingerprint density at radius 2 is 2.37 bits per heavy atom. The largest absolute Gasteiger partial charge is 0.349 e. The summed E-state index contributed by atoms with van der Waals surface area (Å²) in [5.41, 5.74) is 1.41. The zero-order valence-corrected chi connectivity index (χ0v) is 10.9. The molecule has 1 amide bonds. The van der Waals surface area contributed by atoms with Gasteiger partial charge in [-0.1, -0.05) is 11.6 Å². The van der Waals surface area contributed by atoms with Gasteiger partial charge in [-0.3, -0.25) is 9.89 Å². The number of carbonyl (C=O) groups is 1. The first-order valence-electron chi connectivity index (χ1n) is 6.92. The monoisotopic (exact) mass is 261 g/mol.